The summed E-state index contributed by atoms with van der Waals surface area (Å²) in [6.07, 6.45) is 4.84. The Kier molecular flexibility index (Phi) is 5.16. The van der Waals surface area contributed by atoms with Crippen molar-refractivity contribution in [3.63, 3.8) is 0 Å². The maximum absolute atomic E-state index is 11.9. The molecule has 2 rings (SSSR count). The molecule has 0 N–H and O–H groups in total. The summed E-state index contributed by atoms with van der Waals surface area (Å²) in [6.45, 7) is 0. The molecular formula is C17H12Cl2O. The van der Waals surface area contributed by atoms with E-state index in [0.717, 1.165) is 5.56 Å². The van der Waals surface area contributed by atoms with Gasteiger partial charge in [-0.3, -0.25) is 4.79 Å². The van der Waals surface area contributed by atoms with Crippen LogP contribution in [-0.4, -0.2) is 5.78 Å². The van der Waals surface area contributed by atoms with E-state index in [1.54, 1.807) is 36.4 Å². The van der Waals surface area contributed by atoms with Gasteiger partial charge in [0.15, 0.2) is 5.78 Å². The normalized spacial score (nSPS) is 11.8. The van der Waals surface area contributed by atoms with Gasteiger partial charge in [0.1, 0.15) is 0 Å². The van der Waals surface area contributed by atoms with E-state index in [2.05, 4.69) is 0 Å². The third-order valence-electron chi connectivity index (χ3n) is 2.63. The second-order valence-electron chi connectivity index (χ2n) is 4.14. The van der Waals surface area contributed by atoms with Gasteiger partial charge in [0.05, 0.1) is 0 Å². The van der Waals surface area contributed by atoms with Gasteiger partial charge in [-0.1, -0.05) is 53.5 Å². The zero-order chi connectivity index (χ0) is 14.4. The molecule has 0 aliphatic rings. The van der Waals surface area contributed by atoms with E-state index >= 15 is 0 Å². The van der Waals surface area contributed by atoms with Crippen LogP contribution in [0.25, 0.3) is 6.08 Å². The number of hydrogen-bond donors (Lipinski definition) is 0. The molecule has 0 aromatic heterocycles. The van der Waals surface area contributed by atoms with Crippen LogP contribution in [0.5, 0.6) is 0 Å². The minimum absolute atomic E-state index is 0.110. The smallest absolute Gasteiger partial charge is 0.185 e. The fourth-order valence-corrected chi connectivity index (χ4v) is 1.94. The average molecular weight is 303 g/mol. The number of ketones is 1. The first kappa shape index (κ1) is 14.6. The Labute approximate surface area is 128 Å². The summed E-state index contributed by atoms with van der Waals surface area (Å²) in [5.74, 6) is -0.110. The molecule has 3 heteroatoms. The minimum atomic E-state index is -0.110. The number of carbonyl (C=O) groups is 1. The average Bonchev–Trinajstić information content (AvgIpc) is 2.46. The van der Waals surface area contributed by atoms with E-state index in [4.69, 9.17) is 23.2 Å². The molecule has 0 unspecified atom stereocenters. The summed E-state index contributed by atoms with van der Waals surface area (Å²) >= 11 is 11.8. The highest BCUT2D eigenvalue weighted by molar-refractivity contribution is 6.33. The third kappa shape index (κ3) is 4.37. The van der Waals surface area contributed by atoms with Crippen LogP contribution >= 0.6 is 23.2 Å². The van der Waals surface area contributed by atoms with Crippen molar-refractivity contribution < 1.29 is 4.79 Å². The van der Waals surface area contributed by atoms with E-state index in [-0.39, 0.29) is 5.78 Å². The van der Waals surface area contributed by atoms with Gasteiger partial charge >= 0.3 is 0 Å². The van der Waals surface area contributed by atoms with Crippen molar-refractivity contribution in [1.29, 1.82) is 0 Å². The molecule has 0 saturated heterocycles. The monoisotopic (exact) mass is 302 g/mol. The fraction of sp³-hybridized carbons (Fsp3) is 0. The van der Waals surface area contributed by atoms with Crippen molar-refractivity contribution in [2.45, 2.75) is 0 Å². The van der Waals surface area contributed by atoms with Crippen LogP contribution in [0.4, 0.5) is 0 Å². The first-order valence-electron chi connectivity index (χ1n) is 6.05. The first-order chi connectivity index (χ1) is 9.65. The highest BCUT2D eigenvalue weighted by Crippen LogP contribution is 2.13. The van der Waals surface area contributed by atoms with E-state index < -0.39 is 0 Å². The molecule has 0 spiro atoms. The maximum Gasteiger partial charge on any atom is 0.185 e. The Morgan fingerprint density at radius 3 is 2.20 bits per heavy atom. The second-order valence-corrected chi connectivity index (χ2v) is 5.02. The molecule has 0 radical (unpaired) electrons. The molecule has 0 amide bonds. The number of benzene rings is 2. The van der Waals surface area contributed by atoms with Gasteiger partial charge in [0.2, 0.25) is 0 Å². The van der Waals surface area contributed by atoms with E-state index in [1.807, 2.05) is 30.3 Å². The standard InChI is InChI=1S/C17H12Cl2O/c18-15-8-6-14(7-9-15)17(20)11-10-16(19)12-13-4-2-1-3-5-13/h1-12H/b11-10+,16-12-. The Bertz CT molecular complexity index is 640. The lowest BCUT2D eigenvalue weighted by atomic mass is 10.1. The Balaban J connectivity index is 2.07. The summed E-state index contributed by atoms with van der Waals surface area (Å²) in [5.41, 5.74) is 1.57. The minimum Gasteiger partial charge on any atom is -0.289 e. The Morgan fingerprint density at radius 2 is 1.55 bits per heavy atom. The van der Waals surface area contributed by atoms with E-state index in [1.165, 1.54) is 6.08 Å². The van der Waals surface area contributed by atoms with Crippen LogP contribution in [0, 0.1) is 0 Å². The van der Waals surface area contributed by atoms with Gasteiger partial charge in [-0.05, 0) is 48.1 Å². The fourth-order valence-electron chi connectivity index (χ4n) is 1.62. The highest BCUT2D eigenvalue weighted by Gasteiger charge is 2.01. The van der Waals surface area contributed by atoms with Gasteiger partial charge < -0.3 is 0 Å². The number of allylic oxidation sites excluding steroid dienone is 3. The van der Waals surface area contributed by atoms with Crippen LogP contribution in [-0.2, 0) is 0 Å². The van der Waals surface area contributed by atoms with Crippen LogP contribution in [0.15, 0.2) is 71.8 Å². The summed E-state index contributed by atoms with van der Waals surface area (Å²) in [6, 6.07) is 16.4. The molecule has 0 aliphatic carbocycles. The van der Waals surface area contributed by atoms with Gasteiger partial charge in [0, 0.05) is 15.6 Å². The van der Waals surface area contributed by atoms with Crippen LogP contribution in [0.1, 0.15) is 15.9 Å². The van der Waals surface area contributed by atoms with E-state index in [0.29, 0.717) is 15.6 Å². The quantitative estimate of drug-likeness (QED) is 0.422. The molecule has 20 heavy (non-hydrogen) atoms. The Morgan fingerprint density at radius 1 is 0.900 bits per heavy atom. The molecule has 0 bridgehead atoms. The van der Waals surface area contributed by atoms with Crippen molar-refractivity contribution in [1.82, 2.24) is 0 Å². The SMILES string of the molecule is O=C(/C=C/C(Cl)=C/c1ccccc1)c1ccc(Cl)cc1. The largest absolute Gasteiger partial charge is 0.289 e. The number of rotatable bonds is 4. The van der Waals surface area contributed by atoms with Crippen LogP contribution in [0.2, 0.25) is 5.02 Å². The lowest BCUT2D eigenvalue weighted by molar-refractivity contribution is 0.104. The number of halogens is 2. The molecule has 0 heterocycles. The van der Waals surface area contributed by atoms with E-state index in [9.17, 15) is 4.79 Å². The van der Waals surface area contributed by atoms with Gasteiger partial charge in [-0.2, -0.15) is 0 Å². The molecule has 1 nitrogen and oxygen atoms in total. The van der Waals surface area contributed by atoms with Gasteiger partial charge in [-0.15, -0.1) is 0 Å². The van der Waals surface area contributed by atoms with Crippen molar-refractivity contribution in [2.75, 3.05) is 0 Å². The van der Waals surface area contributed by atoms with Crippen molar-refractivity contribution in [3.05, 3.63) is 87.9 Å². The summed E-state index contributed by atoms with van der Waals surface area (Å²) in [5, 5.41) is 1.10. The highest BCUT2D eigenvalue weighted by atomic mass is 35.5. The summed E-state index contributed by atoms with van der Waals surface area (Å²) in [7, 11) is 0. The van der Waals surface area contributed by atoms with Crippen molar-refractivity contribution in [2.24, 2.45) is 0 Å². The maximum atomic E-state index is 11.9. The summed E-state index contributed by atoms with van der Waals surface area (Å²) in [4.78, 5) is 11.9. The molecule has 0 fully saturated rings. The molecule has 2 aromatic carbocycles. The predicted octanol–water partition coefficient (Wildman–Crippen LogP) is 5.36. The molecule has 0 saturated carbocycles. The topological polar surface area (TPSA) is 17.1 Å². The van der Waals surface area contributed by atoms with Crippen molar-refractivity contribution in [3.8, 4) is 0 Å². The zero-order valence-electron chi connectivity index (χ0n) is 10.6. The van der Waals surface area contributed by atoms with Crippen molar-refractivity contribution >= 4 is 35.1 Å². The summed E-state index contributed by atoms with van der Waals surface area (Å²) < 4.78 is 0. The molecular weight excluding hydrogens is 291 g/mol. The molecule has 0 aliphatic heterocycles. The molecule has 0 atom stereocenters. The lowest BCUT2D eigenvalue weighted by Crippen LogP contribution is -1.93. The molecule has 2 aromatic rings. The van der Waals surface area contributed by atoms with Crippen LogP contribution < -0.4 is 0 Å². The predicted molar refractivity (Wildman–Crippen MR) is 85.2 cm³/mol. The Hall–Kier alpha value is -1.83. The zero-order valence-corrected chi connectivity index (χ0v) is 12.1. The molecule has 100 valence electrons. The number of carbonyl (C=O) groups excluding carboxylic acids is 1. The second kappa shape index (κ2) is 7.09. The third-order valence-corrected chi connectivity index (χ3v) is 3.11. The van der Waals surface area contributed by atoms with Crippen LogP contribution in [0.3, 0.4) is 0 Å². The lowest BCUT2D eigenvalue weighted by Gasteiger charge is -1.96. The van der Waals surface area contributed by atoms with Gasteiger partial charge in [0.25, 0.3) is 0 Å². The van der Waals surface area contributed by atoms with Gasteiger partial charge in [-0.25, -0.2) is 0 Å². The first-order valence-corrected chi connectivity index (χ1v) is 6.81. The number of hydrogen-bond acceptors (Lipinski definition) is 1.